The lowest BCUT2D eigenvalue weighted by atomic mass is 9.96. The van der Waals surface area contributed by atoms with Crippen LogP contribution in [0.4, 0.5) is 0 Å². The van der Waals surface area contributed by atoms with Gasteiger partial charge < -0.3 is 5.11 Å². The summed E-state index contributed by atoms with van der Waals surface area (Å²) in [4.78, 5) is 0. The normalized spacial score (nSPS) is 16.8. The fourth-order valence-corrected chi connectivity index (χ4v) is 0.933. The van der Waals surface area contributed by atoms with Crippen molar-refractivity contribution < 1.29 is 5.11 Å². The highest BCUT2D eigenvalue weighted by molar-refractivity contribution is 4.69. The smallest absolute Gasteiger partial charge is 0.0617 e. The van der Waals surface area contributed by atoms with Crippen LogP contribution in [0.2, 0.25) is 0 Å². The van der Waals surface area contributed by atoms with Crippen LogP contribution in [-0.4, -0.2) is 10.7 Å². The van der Waals surface area contributed by atoms with Crippen molar-refractivity contribution in [2.24, 2.45) is 0 Å². The molecule has 0 aliphatic rings. The highest BCUT2D eigenvalue weighted by Gasteiger charge is 2.15. The molecule has 0 bridgehead atoms. The van der Waals surface area contributed by atoms with Crippen LogP contribution < -0.4 is 0 Å². The first-order valence-corrected chi connectivity index (χ1v) is 4.34. The third kappa shape index (κ3) is 4.80. The zero-order chi connectivity index (χ0) is 8.04. The summed E-state index contributed by atoms with van der Waals surface area (Å²) in [5.41, 5.74) is -0.408. The monoisotopic (exact) mass is 144 g/mol. The molecule has 0 unspecified atom stereocenters. The van der Waals surface area contributed by atoms with Crippen molar-refractivity contribution in [3.63, 3.8) is 0 Å². The van der Waals surface area contributed by atoms with Crippen molar-refractivity contribution in [2.75, 3.05) is 0 Å². The van der Waals surface area contributed by atoms with Crippen molar-refractivity contribution in [1.29, 1.82) is 0 Å². The van der Waals surface area contributed by atoms with E-state index in [9.17, 15) is 5.11 Å². The van der Waals surface area contributed by atoms with Gasteiger partial charge >= 0.3 is 0 Å². The lowest BCUT2D eigenvalue weighted by Crippen LogP contribution is -2.22. The van der Waals surface area contributed by atoms with Crippen molar-refractivity contribution in [2.45, 2.75) is 58.5 Å². The van der Waals surface area contributed by atoms with E-state index < -0.39 is 5.60 Å². The molecule has 0 heterocycles. The van der Waals surface area contributed by atoms with E-state index in [-0.39, 0.29) is 0 Å². The van der Waals surface area contributed by atoms with Gasteiger partial charge in [0.2, 0.25) is 0 Å². The van der Waals surface area contributed by atoms with Crippen LogP contribution in [0, 0.1) is 0 Å². The zero-order valence-electron chi connectivity index (χ0n) is 7.48. The Balaban J connectivity index is 3.28. The third-order valence-corrected chi connectivity index (χ3v) is 2.08. The minimum Gasteiger partial charge on any atom is -0.390 e. The quantitative estimate of drug-likeness (QED) is 0.588. The van der Waals surface area contributed by atoms with Crippen molar-refractivity contribution >= 4 is 0 Å². The molecule has 0 rings (SSSR count). The second kappa shape index (κ2) is 4.73. The Hall–Kier alpha value is -0.0400. The Morgan fingerprint density at radius 1 is 1.20 bits per heavy atom. The highest BCUT2D eigenvalue weighted by atomic mass is 16.3. The number of hydrogen-bond donors (Lipinski definition) is 1. The largest absolute Gasteiger partial charge is 0.390 e. The standard InChI is InChI=1S/C9H20O/c1-4-6-7-8-9(3,10)5-2/h10H,4-8H2,1-3H3/t9-/m0/s1. The lowest BCUT2D eigenvalue weighted by molar-refractivity contribution is 0.0444. The summed E-state index contributed by atoms with van der Waals surface area (Å²) in [5.74, 6) is 0. The first-order valence-electron chi connectivity index (χ1n) is 4.34. The van der Waals surface area contributed by atoms with Crippen LogP contribution in [0.1, 0.15) is 52.9 Å². The van der Waals surface area contributed by atoms with E-state index in [1.165, 1.54) is 12.8 Å². The number of hydrogen-bond acceptors (Lipinski definition) is 1. The maximum atomic E-state index is 9.55. The van der Waals surface area contributed by atoms with Crippen LogP contribution in [0.25, 0.3) is 0 Å². The molecule has 0 aromatic carbocycles. The molecular weight excluding hydrogens is 124 g/mol. The molecule has 0 aliphatic heterocycles. The Bertz CT molecular complexity index is 76.8. The minimum atomic E-state index is -0.408. The van der Waals surface area contributed by atoms with Crippen LogP contribution in [0.15, 0.2) is 0 Å². The summed E-state index contributed by atoms with van der Waals surface area (Å²) >= 11 is 0. The second-order valence-corrected chi connectivity index (χ2v) is 3.31. The van der Waals surface area contributed by atoms with E-state index in [0.29, 0.717) is 0 Å². The Morgan fingerprint density at radius 3 is 2.20 bits per heavy atom. The highest BCUT2D eigenvalue weighted by Crippen LogP contribution is 2.17. The first-order chi connectivity index (χ1) is 4.62. The number of aliphatic hydroxyl groups is 1. The molecule has 1 N–H and O–H groups in total. The average Bonchev–Trinajstić information content (AvgIpc) is 1.89. The fraction of sp³-hybridized carbons (Fsp3) is 1.00. The van der Waals surface area contributed by atoms with Crippen LogP contribution in [0.3, 0.4) is 0 Å². The molecule has 0 amide bonds. The summed E-state index contributed by atoms with van der Waals surface area (Å²) in [6.07, 6.45) is 5.47. The Kier molecular flexibility index (Phi) is 4.71. The molecule has 0 spiro atoms. The van der Waals surface area contributed by atoms with E-state index in [1.807, 2.05) is 13.8 Å². The van der Waals surface area contributed by atoms with E-state index >= 15 is 0 Å². The summed E-state index contributed by atoms with van der Waals surface area (Å²) in [6, 6.07) is 0. The van der Waals surface area contributed by atoms with Gasteiger partial charge in [0.05, 0.1) is 5.60 Å². The molecule has 0 aliphatic carbocycles. The maximum Gasteiger partial charge on any atom is 0.0617 e. The van der Waals surface area contributed by atoms with Crippen molar-refractivity contribution in [3.05, 3.63) is 0 Å². The van der Waals surface area contributed by atoms with Crippen LogP contribution in [0.5, 0.6) is 0 Å². The third-order valence-electron chi connectivity index (χ3n) is 2.08. The van der Waals surface area contributed by atoms with E-state index in [1.54, 1.807) is 0 Å². The summed E-state index contributed by atoms with van der Waals surface area (Å²) in [5, 5.41) is 9.55. The van der Waals surface area contributed by atoms with Gasteiger partial charge in [0.25, 0.3) is 0 Å². The van der Waals surface area contributed by atoms with E-state index in [2.05, 4.69) is 6.92 Å². The molecule has 1 heteroatoms. The number of unbranched alkanes of at least 4 members (excludes halogenated alkanes) is 2. The second-order valence-electron chi connectivity index (χ2n) is 3.31. The minimum absolute atomic E-state index is 0.408. The van der Waals surface area contributed by atoms with Gasteiger partial charge in [-0.05, 0) is 19.8 Å². The van der Waals surface area contributed by atoms with Gasteiger partial charge in [-0.15, -0.1) is 0 Å². The maximum absolute atomic E-state index is 9.55. The molecule has 0 radical (unpaired) electrons. The van der Waals surface area contributed by atoms with Crippen LogP contribution in [-0.2, 0) is 0 Å². The predicted octanol–water partition coefficient (Wildman–Crippen LogP) is 2.73. The lowest BCUT2D eigenvalue weighted by Gasteiger charge is -2.20. The van der Waals surface area contributed by atoms with Gasteiger partial charge in [0, 0.05) is 0 Å². The Labute approximate surface area is 64.5 Å². The van der Waals surface area contributed by atoms with Gasteiger partial charge in [0.15, 0.2) is 0 Å². The molecule has 0 saturated carbocycles. The molecule has 0 aromatic rings. The SMILES string of the molecule is CCCCC[C@@](C)(O)CC. The summed E-state index contributed by atoms with van der Waals surface area (Å²) < 4.78 is 0. The molecule has 1 nitrogen and oxygen atoms in total. The summed E-state index contributed by atoms with van der Waals surface area (Å²) in [6.45, 7) is 6.13. The predicted molar refractivity (Wildman–Crippen MR) is 45.1 cm³/mol. The van der Waals surface area contributed by atoms with Gasteiger partial charge in [-0.1, -0.05) is 33.1 Å². The zero-order valence-corrected chi connectivity index (χ0v) is 7.48. The molecule has 0 fully saturated rings. The van der Waals surface area contributed by atoms with Gasteiger partial charge in [-0.25, -0.2) is 0 Å². The van der Waals surface area contributed by atoms with Crippen molar-refractivity contribution in [3.8, 4) is 0 Å². The molecule has 0 aromatic heterocycles. The number of rotatable bonds is 5. The fourth-order valence-electron chi connectivity index (χ4n) is 0.933. The summed E-state index contributed by atoms with van der Waals surface area (Å²) in [7, 11) is 0. The van der Waals surface area contributed by atoms with Gasteiger partial charge in [-0.2, -0.15) is 0 Å². The van der Waals surface area contributed by atoms with E-state index in [4.69, 9.17) is 0 Å². The molecule has 1 atom stereocenters. The van der Waals surface area contributed by atoms with E-state index in [0.717, 1.165) is 19.3 Å². The first kappa shape index (κ1) is 9.96. The molecule has 62 valence electrons. The molecular formula is C9H20O. The van der Waals surface area contributed by atoms with Crippen LogP contribution >= 0.6 is 0 Å². The topological polar surface area (TPSA) is 20.2 Å². The Morgan fingerprint density at radius 2 is 1.80 bits per heavy atom. The molecule has 10 heavy (non-hydrogen) atoms. The average molecular weight is 144 g/mol. The van der Waals surface area contributed by atoms with Gasteiger partial charge in [0.1, 0.15) is 0 Å². The van der Waals surface area contributed by atoms with Crippen molar-refractivity contribution in [1.82, 2.24) is 0 Å². The van der Waals surface area contributed by atoms with Gasteiger partial charge in [-0.3, -0.25) is 0 Å². The molecule has 0 saturated heterocycles.